The second-order valence-electron chi connectivity index (χ2n) is 15.0. The van der Waals surface area contributed by atoms with Gasteiger partial charge in [0.05, 0.1) is 10.9 Å². The lowest BCUT2D eigenvalue weighted by Gasteiger charge is -2.42. The number of carbonyl (C=O) groups is 1. The quantitative estimate of drug-likeness (QED) is 0.261. The number of benzene rings is 2. The van der Waals surface area contributed by atoms with Crippen LogP contribution in [0.5, 0.6) is 11.8 Å². The average molecular weight is 688 g/mol. The van der Waals surface area contributed by atoms with Gasteiger partial charge in [0.2, 0.25) is 5.91 Å². The lowest BCUT2D eigenvalue weighted by molar-refractivity contribution is -0.135. The number of nitrogens with zero attached hydrogens (tertiary/aromatic N) is 6. The lowest BCUT2D eigenvalue weighted by Crippen LogP contribution is -2.56. The van der Waals surface area contributed by atoms with Crippen molar-refractivity contribution in [3.63, 3.8) is 0 Å². The first-order chi connectivity index (χ1) is 24.2. The van der Waals surface area contributed by atoms with Gasteiger partial charge in [-0.2, -0.15) is 9.97 Å². The van der Waals surface area contributed by atoms with E-state index >= 15 is 8.78 Å². The summed E-state index contributed by atoms with van der Waals surface area (Å²) in [6, 6.07) is 6.91. The molecule has 1 amide bonds. The van der Waals surface area contributed by atoms with Crippen LogP contribution in [-0.4, -0.2) is 98.4 Å². The maximum Gasteiger partial charge on any atom is 0.319 e. The van der Waals surface area contributed by atoms with Crippen molar-refractivity contribution in [2.24, 2.45) is 11.7 Å². The van der Waals surface area contributed by atoms with E-state index in [9.17, 15) is 14.3 Å². The fraction of sp³-hybridized carbons (Fsp3) is 0.514. The second-order valence-corrected chi connectivity index (χ2v) is 15.0. The van der Waals surface area contributed by atoms with Crippen LogP contribution in [0.2, 0.25) is 0 Å². The predicted octanol–water partition coefficient (Wildman–Crippen LogP) is 5.09. The number of ether oxygens (including phenoxy) is 1. The smallest absolute Gasteiger partial charge is 0.319 e. The molecular weight excluding hydrogens is 647 g/mol. The number of fused-ring (bicyclic) bond motifs is 5. The van der Waals surface area contributed by atoms with Crippen LogP contribution in [0.15, 0.2) is 36.5 Å². The number of alkyl halides is 1. The Kier molecular flexibility index (Phi) is 7.57. The molecule has 4 aliphatic heterocycles. The van der Waals surface area contributed by atoms with Crippen molar-refractivity contribution in [3.8, 4) is 23.0 Å². The number of aromatic hydroxyl groups is 1. The highest BCUT2D eigenvalue weighted by Crippen LogP contribution is 2.43. The standard InChI is InChI=1S/C37H40F3N7O3/c38-22-14-37(9-2-10-46(37)16-22)19-50-36-43-34-27(15-42-33(32(34)40)26-12-25(48)11-21-3-1-4-28(39)31(21)26)35(44-36)45-17-23-7-8-24(18-45)47(23)30(49)13-29(41)20-5-6-20/h1,3-4,11-12,15,20,22-24,29,48H,2,5-10,13-14,16-19,41H2/t22-,23?,24?,29+,37+/m1/s1. The molecule has 6 heterocycles. The Morgan fingerprint density at radius 3 is 2.68 bits per heavy atom. The van der Waals surface area contributed by atoms with Gasteiger partial charge in [-0.05, 0) is 74.6 Å². The summed E-state index contributed by atoms with van der Waals surface area (Å²) < 4.78 is 52.9. The molecule has 5 atom stereocenters. The van der Waals surface area contributed by atoms with Crippen LogP contribution in [0.1, 0.15) is 51.4 Å². The Morgan fingerprint density at radius 1 is 1.10 bits per heavy atom. The largest absolute Gasteiger partial charge is 0.508 e. The van der Waals surface area contributed by atoms with Crippen molar-refractivity contribution in [3.05, 3.63) is 48.2 Å². The van der Waals surface area contributed by atoms with Crippen LogP contribution in [0.4, 0.5) is 19.0 Å². The van der Waals surface area contributed by atoms with Crippen molar-refractivity contribution in [2.45, 2.75) is 81.2 Å². The summed E-state index contributed by atoms with van der Waals surface area (Å²) in [5.41, 5.74) is 5.73. The number of hydrogen-bond donors (Lipinski definition) is 2. The van der Waals surface area contributed by atoms with Gasteiger partial charge >= 0.3 is 6.01 Å². The van der Waals surface area contributed by atoms with Crippen LogP contribution in [0.3, 0.4) is 0 Å². The van der Waals surface area contributed by atoms with Crippen LogP contribution in [-0.2, 0) is 4.79 Å². The number of anilines is 1. The van der Waals surface area contributed by atoms with E-state index in [0.29, 0.717) is 55.0 Å². The Labute approximate surface area is 287 Å². The van der Waals surface area contributed by atoms with Gasteiger partial charge in [-0.3, -0.25) is 14.7 Å². The zero-order valence-electron chi connectivity index (χ0n) is 27.7. The minimum absolute atomic E-state index is 0.0414. The maximum absolute atomic E-state index is 16.9. The van der Waals surface area contributed by atoms with E-state index in [1.54, 1.807) is 6.07 Å². The molecular formula is C37H40F3N7O3. The highest BCUT2D eigenvalue weighted by atomic mass is 19.1. The van der Waals surface area contributed by atoms with Gasteiger partial charge in [-0.25, -0.2) is 13.2 Å². The van der Waals surface area contributed by atoms with E-state index in [2.05, 4.69) is 19.8 Å². The first kappa shape index (κ1) is 31.7. The summed E-state index contributed by atoms with van der Waals surface area (Å²) in [4.78, 5) is 33.5. The van der Waals surface area contributed by atoms with Gasteiger partial charge in [0.25, 0.3) is 0 Å². The Morgan fingerprint density at radius 2 is 1.90 bits per heavy atom. The molecule has 1 aliphatic carbocycles. The van der Waals surface area contributed by atoms with Gasteiger partial charge in [0.15, 0.2) is 5.82 Å². The third-order valence-electron chi connectivity index (χ3n) is 11.7. The van der Waals surface area contributed by atoms with Crippen molar-refractivity contribution >= 4 is 33.4 Å². The highest BCUT2D eigenvalue weighted by Gasteiger charge is 2.50. The molecule has 9 rings (SSSR count). The summed E-state index contributed by atoms with van der Waals surface area (Å²) in [5.74, 6) is -0.585. The van der Waals surface area contributed by atoms with E-state index in [1.807, 2.05) is 4.90 Å². The molecule has 0 radical (unpaired) electrons. The van der Waals surface area contributed by atoms with E-state index in [0.717, 1.165) is 45.1 Å². The molecule has 2 aromatic carbocycles. The molecule has 10 nitrogen and oxygen atoms in total. The van der Waals surface area contributed by atoms with Crippen LogP contribution in [0, 0.1) is 17.6 Å². The Bertz CT molecular complexity index is 2000. The zero-order valence-corrected chi connectivity index (χ0v) is 27.7. The number of pyridine rings is 1. The summed E-state index contributed by atoms with van der Waals surface area (Å²) in [7, 11) is 0. The molecule has 3 N–H and O–H groups in total. The normalized spacial score (nSPS) is 27.0. The Balaban J connectivity index is 1.11. The summed E-state index contributed by atoms with van der Waals surface area (Å²) in [5, 5.41) is 11.4. The van der Waals surface area contributed by atoms with E-state index in [4.69, 9.17) is 15.5 Å². The number of phenols is 1. The molecule has 2 aromatic heterocycles. The van der Waals surface area contributed by atoms with Crippen molar-refractivity contribution in [2.75, 3.05) is 37.7 Å². The monoisotopic (exact) mass is 687 g/mol. The number of piperazine rings is 1. The minimum Gasteiger partial charge on any atom is -0.508 e. The predicted molar refractivity (Wildman–Crippen MR) is 182 cm³/mol. The molecule has 2 bridgehead atoms. The fourth-order valence-electron chi connectivity index (χ4n) is 9.20. The molecule has 5 aliphatic rings. The minimum atomic E-state index is -0.941. The van der Waals surface area contributed by atoms with E-state index in [1.165, 1.54) is 30.5 Å². The van der Waals surface area contributed by atoms with Crippen molar-refractivity contribution < 1.29 is 27.8 Å². The van der Waals surface area contributed by atoms with Crippen molar-refractivity contribution in [1.29, 1.82) is 0 Å². The molecule has 2 unspecified atom stereocenters. The lowest BCUT2D eigenvalue weighted by atomic mass is 9.95. The van der Waals surface area contributed by atoms with Crippen LogP contribution >= 0.6 is 0 Å². The maximum atomic E-state index is 16.9. The number of halogens is 3. The average Bonchev–Trinajstić information content (AvgIpc) is 3.74. The van der Waals surface area contributed by atoms with Crippen LogP contribution in [0.25, 0.3) is 32.9 Å². The number of phenolic OH excluding ortho intramolecular Hbond substituents is 1. The number of aromatic nitrogens is 3. The number of nitrogens with two attached hydrogens (primary N) is 1. The topological polar surface area (TPSA) is 121 Å². The third kappa shape index (κ3) is 5.31. The number of hydrogen-bond acceptors (Lipinski definition) is 9. The summed E-state index contributed by atoms with van der Waals surface area (Å²) in [6.07, 6.45) is 6.81. The summed E-state index contributed by atoms with van der Waals surface area (Å²) >= 11 is 0. The molecule has 13 heteroatoms. The number of carbonyl (C=O) groups excluding carboxylic acids is 1. The number of amides is 1. The zero-order chi connectivity index (χ0) is 34.3. The van der Waals surface area contributed by atoms with Gasteiger partial charge in [-0.1, -0.05) is 12.1 Å². The molecule has 5 fully saturated rings. The fourth-order valence-corrected chi connectivity index (χ4v) is 9.20. The third-order valence-corrected chi connectivity index (χ3v) is 11.7. The van der Waals surface area contributed by atoms with Gasteiger partial charge in [-0.15, -0.1) is 0 Å². The van der Waals surface area contributed by atoms with E-state index < -0.39 is 23.3 Å². The SMILES string of the molecule is N[C@@H](CC(=O)N1C2CCC1CN(c1nc(OC[C@@]34CCCN3C[C@H](F)C4)nc3c(F)c(-c4cc(O)cc5cccc(F)c45)ncc13)C2)C1CC1. The Hall–Kier alpha value is -4.23. The van der Waals surface area contributed by atoms with Gasteiger partial charge in [0, 0.05) is 67.7 Å². The molecule has 262 valence electrons. The van der Waals surface area contributed by atoms with Gasteiger partial charge < -0.3 is 25.4 Å². The highest BCUT2D eigenvalue weighted by molar-refractivity contribution is 6.00. The summed E-state index contributed by atoms with van der Waals surface area (Å²) in [6.45, 7) is 2.29. The molecule has 0 spiro atoms. The first-order valence-electron chi connectivity index (χ1n) is 17.8. The van der Waals surface area contributed by atoms with Crippen molar-refractivity contribution in [1.82, 2.24) is 24.8 Å². The van der Waals surface area contributed by atoms with Gasteiger partial charge in [0.1, 0.15) is 41.4 Å². The first-order valence-corrected chi connectivity index (χ1v) is 17.8. The van der Waals surface area contributed by atoms with Crippen LogP contribution < -0.4 is 15.4 Å². The second kappa shape index (κ2) is 11.9. The molecule has 1 saturated carbocycles. The number of rotatable bonds is 8. The van der Waals surface area contributed by atoms with E-state index in [-0.39, 0.29) is 64.6 Å². The molecule has 4 aromatic rings. The molecule has 50 heavy (non-hydrogen) atoms. The molecule has 4 saturated heterocycles.